The molecule has 0 saturated heterocycles. The highest BCUT2D eigenvalue weighted by Gasteiger charge is 2.45. The molecule has 2 rings (SSSR count). The van der Waals surface area contributed by atoms with E-state index >= 15 is 0 Å². The van der Waals surface area contributed by atoms with Crippen LogP contribution in [0.15, 0.2) is 35.5 Å². The standard InChI is InChI=1S/C20H32O2/c1-14(2)17-10-11-20(4)12-19(22)16(13-21)7-5-6-15(3)8-9-18(17)20/h7-8,17-19,21-22H,1,5-6,9-13H2,2-4H3/b15-8+,16-7+/t17-,18-,19-,20+/m0/s1. The molecular weight excluding hydrogens is 272 g/mol. The van der Waals surface area contributed by atoms with Gasteiger partial charge in [0.2, 0.25) is 0 Å². The van der Waals surface area contributed by atoms with E-state index in [4.69, 9.17) is 0 Å². The normalized spacial score (nSPS) is 41.6. The lowest BCUT2D eigenvalue weighted by molar-refractivity contribution is 0.0903. The lowest BCUT2D eigenvalue weighted by Crippen LogP contribution is -2.31. The van der Waals surface area contributed by atoms with E-state index in [0.29, 0.717) is 11.8 Å². The first-order valence-corrected chi connectivity index (χ1v) is 8.66. The second-order valence-corrected chi connectivity index (χ2v) is 7.73. The van der Waals surface area contributed by atoms with Gasteiger partial charge in [0.25, 0.3) is 0 Å². The first-order valence-electron chi connectivity index (χ1n) is 8.66. The van der Waals surface area contributed by atoms with Crippen molar-refractivity contribution in [2.24, 2.45) is 17.3 Å². The summed E-state index contributed by atoms with van der Waals surface area (Å²) in [5.41, 5.74) is 3.62. The molecule has 1 saturated carbocycles. The zero-order chi connectivity index (χ0) is 16.3. The summed E-state index contributed by atoms with van der Waals surface area (Å²) in [7, 11) is 0. The lowest BCUT2D eigenvalue weighted by atomic mass is 9.70. The highest BCUT2D eigenvalue weighted by Crippen LogP contribution is 2.54. The minimum atomic E-state index is -0.514. The number of aliphatic hydroxyl groups excluding tert-OH is 2. The van der Waals surface area contributed by atoms with Crippen molar-refractivity contribution in [1.29, 1.82) is 0 Å². The van der Waals surface area contributed by atoms with Gasteiger partial charge in [-0.05, 0) is 75.2 Å². The van der Waals surface area contributed by atoms with Crippen molar-refractivity contribution in [3.8, 4) is 0 Å². The van der Waals surface area contributed by atoms with Gasteiger partial charge < -0.3 is 10.2 Å². The second kappa shape index (κ2) is 7.14. The van der Waals surface area contributed by atoms with Gasteiger partial charge in [-0.1, -0.05) is 36.8 Å². The van der Waals surface area contributed by atoms with Crippen LogP contribution in [0.5, 0.6) is 0 Å². The smallest absolute Gasteiger partial charge is 0.0777 e. The fourth-order valence-electron chi connectivity index (χ4n) is 4.44. The number of aliphatic hydroxyl groups is 2. The minimum absolute atomic E-state index is 0.0331. The van der Waals surface area contributed by atoms with Gasteiger partial charge in [0.05, 0.1) is 12.7 Å². The summed E-state index contributed by atoms with van der Waals surface area (Å²) < 4.78 is 0. The molecule has 0 heterocycles. The first kappa shape index (κ1) is 17.5. The van der Waals surface area contributed by atoms with Crippen LogP contribution in [0.4, 0.5) is 0 Å². The van der Waals surface area contributed by atoms with Crippen molar-refractivity contribution in [2.45, 2.75) is 65.4 Å². The summed E-state index contributed by atoms with van der Waals surface area (Å²) in [6.45, 7) is 10.8. The van der Waals surface area contributed by atoms with E-state index in [1.807, 2.05) is 6.08 Å². The molecule has 1 fully saturated rings. The number of hydrogen-bond donors (Lipinski definition) is 2. The summed E-state index contributed by atoms with van der Waals surface area (Å²) in [4.78, 5) is 0. The second-order valence-electron chi connectivity index (χ2n) is 7.73. The van der Waals surface area contributed by atoms with Crippen molar-refractivity contribution in [3.63, 3.8) is 0 Å². The van der Waals surface area contributed by atoms with E-state index < -0.39 is 6.10 Å². The Hall–Kier alpha value is -0.860. The molecule has 124 valence electrons. The number of fused-ring (bicyclic) bond motifs is 1. The van der Waals surface area contributed by atoms with E-state index in [1.54, 1.807) is 0 Å². The monoisotopic (exact) mass is 304 g/mol. The average molecular weight is 304 g/mol. The lowest BCUT2D eigenvalue weighted by Gasteiger charge is -2.36. The highest BCUT2D eigenvalue weighted by molar-refractivity contribution is 5.16. The molecule has 0 aromatic rings. The maximum atomic E-state index is 10.6. The largest absolute Gasteiger partial charge is 0.392 e. The average Bonchev–Trinajstić information content (AvgIpc) is 2.76. The summed E-state index contributed by atoms with van der Waals surface area (Å²) >= 11 is 0. The molecule has 2 nitrogen and oxygen atoms in total. The van der Waals surface area contributed by atoms with Gasteiger partial charge in [-0.15, -0.1) is 0 Å². The van der Waals surface area contributed by atoms with Crippen LogP contribution in [0, 0.1) is 17.3 Å². The Labute approximate surface area is 135 Å². The van der Waals surface area contributed by atoms with Gasteiger partial charge in [0, 0.05) is 0 Å². The van der Waals surface area contributed by atoms with Crippen molar-refractivity contribution in [2.75, 3.05) is 6.61 Å². The Morgan fingerprint density at radius 2 is 2.14 bits per heavy atom. The maximum Gasteiger partial charge on any atom is 0.0777 e. The van der Waals surface area contributed by atoms with Crippen LogP contribution in [0.1, 0.15) is 59.3 Å². The van der Waals surface area contributed by atoms with Crippen molar-refractivity contribution >= 4 is 0 Å². The fraction of sp³-hybridized carbons (Fsp3) is 0.700. The minimum Gasteiger partial charge on any atom is -0.392 e. The third-order valence-electron chi connectivity index (χ3n) is 5.98. The number of rotatable bonds is 2. The molecule has 2 aliphatic rings. The third-order valence-corrected chi connectivity index (χ3v) is 5.98. The summed E-state index contributed by atoms with van der Waals surface area (Å²) in [5.74, 6) is 1.11. The predicted molar refractivity (Wildman–Crippen MR) is 92.5 cm³/mol. The summed E-state index contributed by atoms with van der Waals surface area (Å²) in [5, 5.41) is 20.2. The molecule has 0 unspecified atom stereocenters. The molecule has 0 aromatic heterocycles. The predicted octanol–water partition coefficient (Wildman–Crippen LogP) is 4.39. The Balaban J connectivity index is 2.33. The van der Waals surface area contributed by atoms with Gasteiger partial charge in [0.15, 0.2) is 0 Å². The van der Waals surface area contributed by atoms with Crippen LogP contribution in [-0.2, 0) is 0 Å². The molecule has 22 heavy (non-hydrogen) atoms. The van der Waals surface area contributed by atoms with E-state index in [-0.39, 0.29) is 12.0 Å². The molecule has 0 radical (unpaired) electrons. The molecule has 4 atom stereocenters. The molecule has 0 spiro atoms. The van der Waals surface area contributed by atoms with E-state index in [9.17, 15) is 10.2 Å². The van der Waals surface area contributed by atoms with Crippen LogP contribution in [0.2, 0.25) is 0 Å². The van der Waals surface area contributed by atoms with Gasteiger partial charge in [-0.3, -0.25) is 0 Å². The first-order chi connectivity index (χ1) is 10.4. The SMILES string of the molecule is C=C(C)[C@@H]1CC[C@]2(C)C[C@H](O)/C(CO)=C/CC/C(C)=C/C[C@@H]12. The van der Waals surface area contributed by atoms with Gasteiger partial charge in [-0.2, -0.15) is 0 Å². The topological polar surface area (TPSA) is 40.5 Å². The van der Waals surface area contributed by atoms with Crippen LogP contribution in [0.3, 0.4) is 0 Å². The van der Waals surface area contributed by atoms with Crippen LogP contribution >= 0.6 is 0 Å². The van der Waals surface area contributed by atoms with Crippen LogP contribution in [0.25, 0.3) is 0 Å². The molecule has 0 aliphatic heterocycles. The van der Waals surface area contributed by atoms with Gasteiger partial charge >= 0.3 is 0 Å². The molecule has 2 N–H and O–H groups in total. The molecule has 0 bridgehead atoms. The highest BCUT2D eigenvalue weighted by atomic mass is 16.3. The Morgan fingerprint density at radius 3 is 2.77 bits per heavy atom. The molecule has 0 amide bonds. The molecule has 2 heteroatoms. The van der Waals surface area contributed by atoms with Gasteiger partial charge in [-0.25, -0.2) is 0 Å². The third kappa shape index (κ3) is 3.72. The number of hydrogen-bond acceptors (Lipinski definition) is 2. The molecule has 2 aliphatic carbocycles. The summed E-state index contributed by atoms with van der Waals surface area (Å²) in [6, 6.07) is 0. The van der Waals surface area contributed by atoms with Crippen LogP contribution in [-0.4, -0.2) is 22.9 Å². The zero-order valence-electron chi connectivity index (χ0n) is 14.4. The Morgan fingerprint density at radius 1 is 1.41 bits per heavy atom. The Bertz CT molecular complexity index is 474. The summed E-state index contributed by atoms with van der Waals surface area (Å²) in [6.07, 6.45) is 9.98. The Kier molecular flexibility index (Phi) is 5.68. The molecule has 0 aromatic carbocycles. The van der Waals surface area contributed by atoms with Crippen molar-refractivity contribution in [3.05, 3.63) is 35.5 Å². The van der Waals surface area contributed by atoms with E-state index in [0.717, 1.165) is 37.7 Å². The van der Waals surface area contributed by atoms with Crippen molar-refractivity contribution in [1.82, 2.24) is 0 Å². The van der Waals surface area contributed by atoms with Crippen LogP contribution < -0.4 is 0 Å². The fourth-order valence-corrected chi connectivity index (χ4v) is 4.44. The van der Waals surface area contributed by atoms with E-state index in [1.165, 1.54) is 17.6 Å². The van der Waals surface area contributed by atoms with E-state index in [2.05, 4.69) is 33.4 Å². The quantitative estimate of drug-likeness (QED) is 0.743. The van der Waals surface area contributed by atoms with Crippen molar-refractivity contribution < 1.29 is 10.2 Å². The zero-order valence-corrected chi connectivity index (χ0v) is 14.4. The van der Waals surface area contributed by atoms with Gasteiger partial charge in [0.1, 0.15) is 0 Å². The molecular formula is C20H32O2. The maximum absolute atomic E-state index is 10.6. The number of allylic oxidation sites excluding steroid dienone is 4.